The van der Waals surface area contributed by atoms with E-state index in [1.165, 1.54) is 6.42 Å². The summed E-state index contributed by atoms with van der Waals surface area (Å²) in [6.45, 7) is 5.63. The van der Waals surface area contributed by atoms with Crippen LogP contribution in [-0.4, -0.2) is 60.0 Å². The summed E-state index contributed by atoms with van der Waals surface area (Å²) in [5, 5.41) is 3.24. The van der Waals surface area contributed by atoms with Gasteiger partial charge < -0.3 is 26.6 Å². The van der Waals surface area contributed by atoms with Gasteiger partial charge in [-0.3, -0.25) is 4.79 Å². The van der Waals surface area contributed by atoms with Gasteiger partial charge in [0.15, 0.2) is 5.78 Å². The number of Topliss-reactive ketones (excluding diaryl/α,β-unsaturated/α-hetero) is 1. The molecule has 156 valence electrons. The highest BCUT2D eigenvalue weighted by Crippen LogP contribution is 2.22. The number of ketones is 1. The number of benzene rings is 1. The van der Waals surface area contributed by atoms with Gasteiger partial charge in [0.1, 0.15) is 0 Å². The average Bonchev–Trinajstić information content (AvgIpc) is 2.74. The molecule has 0 bridgehead atoms. The normalized spacial score (nSPS) is 14.0. The zero-order chi connectivity index (χ0) is 20.6. The number of carbonyl (C=O) groups excluding carboxylic acids is 1. The molecule has 9 heteroatoms. The second-order valence-corrected chi connectivity index (χ2v) is 7.13. The zero-order valence-corrected chi connectivity index (χ0v) is 17.0. The molecule has 2 heterocycles. The second-order valence-electron chi connectivity index (χ2n) is 7.13. The average molecular weight is 399 g/mol. The van der Waals surface area contributed by atoms with E-state index in [1.54, 1.807) is 19.1 Å². The summed E-state index contributed by atoms with van der Waals surface area (Å²) in [5.74, 6) is 1.73. The number of hydrogen-bond acceptors (Lipinski definition) is 9. The molecule has 0 unspecified atom stereocenters. The Hall–Kier alpha value is -2.78. The number of nitrogens with two attached hydrogens (primary N) is 2. The highest BCUT2D eigenvalue weighted by atomic mass is 16.1. The van der Waals surface area contributed by atoms with Gasteiger partial charge in [-0.15, -0.1) is 0 Å². The maximum absolute atomic E-state index is 11.5. The second kappa shape index (κ2) is 10.1. The number of anilines is 4. The number of nitrogens with zero attached hydrogens (tertiary/aromatic N) is 5. The number of carbonyl (C=O) groups is 1. The topological polar surface area (TPSA) is 126 Å². The van der Waals surface area contributed by atoms with Crippen molar-refractivity contribution in [2.24, 2.45) is 11.5 Å². The van der Waals surface area contributed by atoms with Gasteiger partial charge in [-0.1, -0.05) is 0 Å². The van der Waals surface area contributed by atoms with Crippen LogP contribution in [0.2, 0.25) is 0 Å². The van der Waals surface area contributed by atoms with Crippen LogP contribution in [-0.2, 0) is 0 Å². The van der Waals surface area contributed by atoms with Crippen LogP contribution in [0.1, 0.15) is 36.5 Å². The highest BCUT2D eigenvalue weighted by molar-refractivity contribution is 5.94. The third-order valence-corrected chi connectivity index (χ3v) is 4.88. The zero-order valence-electron chi connectivity index (χ0n) is 17.0. The van der Waals surface area contributed by atoms with E-state index in [0.29, 0.717) is 49.6 Å². The van der Waals surface area contributed by atoms with E-state index in [2.05, 4.69) is 20.2 Å². The SMILES string of the molecule is CC(=O)c1ccc(Nc2nc(N(CCN)CCN)nc(N3CCCCC3)n2)cc1. The van der Waals surface area contributed by atoms with Crippen LogP contribution in [0.4, 0.5) is 23.5 Å². The smallest absolute Gasteiger partial charge is 0.233 e. The van der Waals surface area contributed by atoms with E-state index in [1.807, 2.05) is 17.0 Å². The van der Waals surface area contributed by atoms with Crippen molar-refractivity contribution in [1.29, 1.82) is 0 Å². The molecule has 1 saturated heterocycles. The molecule has 0 aliphatic carbocycles. The Morgan fingerprint density at radius 3 is 2.28 bits per heavy atom. The van der Waals surface area contributed by atoms with Crippen molar-refractivity contribution in [3.63, 3.8) is 0 Å². The van der Waals surface area contributed by atoms with Crippen LogP contribution in [0.5, 0.6) is 0 Å². The summed E-state index contributed by atoms with van der Waals surface area (Å²) in [5.41, 5.74) is 13.0. The van der Waals surface area contributed by atoms with Crippen molar-refractivity contribution < 1.29 is 4.79 Å². The third kappa shape index (κ3) is 5.61. The number of piperidine rings is 1. The molecule has 0 amide bonds. The molecule has 5 N–H and O–H groups in total. The monoisotopic (exact) mass is 398 g/mol. The van der Waals surface area contributed by atoms with Crippen molar-refractivity contribution >= 4 is 29.3 Å². The molecule has 1 aliphatic heterocycles. The first kappa shape index (κ1) is 20.9. The Labute approximate surface area is 171 Å². The van der Waals surface area contributed by atoms with E-state index in [-0.39, 0.29) is 5.78 Å². The first-order valence-electron chi connectivity index (χ1n) is 10.1. The Kier molecular flexibility index (Phi) is 7.31. The van der Waals surface area contributed by atoms with Crippen LogP contribution in [0.3, 0.4) is 0 Å². The highest BCUT2D eigenvalue weighted by Gasteiger charge is 2.19. The van der Waals surface area contributed by atoms with Gasteiger partial charge in [-0.25, -0.2) is 0 Å². The molecule has 1 fully saturated rings. The third-order valence-electron chi connectivity index (χ3n) is 4.88. The number of nitrogens with one attached hydrogen (secondary N) is 1. The van der Waals surface area contributed by atoms with Crippen molar-refractivity contribution in [1.82, 2.24) is 15.0 Å². The lowest BCUT2D eigenvalue weighted by molar-refractivity contribution is 0.101. The molecule has 9 nitrogen and oxygen atoms in total. The van der Waals surface area contributed by atoms with Gasteiger partial charge in [0.05, 0.1) is 0 Å². The minimum atomic E-state index is 0.0330. The number of aromatic nitrogens is 3. The van der Waals surface area contributed by atoms with Crippen molar-refractivity contribution in [2.45, 2.75) is 26.2 Å². The van der Waals surface area contributed by atoms with Gasteiger partial charge in [0.2, 0.25) is 17.8 Å². The largest absolute Gasteiger partial charge is 0.341 e. The lowest BCUT2D eigenvalue weighted by atomic mass is 10.1. The Balaban J connectivity index is 1.91. The molecule has 3 rings (SSSR count). The lowest BCUT2D eigenvalue weighted by Gasteiger charge is -2.28. The fourth-order valence-corrected chi connectivity index (χ4v) is 3.33. The van der Waals surface area contributed by atoms with Crippen LogP contribution < -0.4 is 26.6 Å². The van der Waals surface area contributed by atoms with Crippen LogP contribution >= 0.6 is 0 Å². The standard InChI is InChI=1S/C20H30N8O/c1-15(29)16-5-7-17(8-6-16)23-18-24-19(27-11-3-2-4-12-27)26-20(25-18)28(13-9-21)14-10-22/h5-8H,2-4,9-14,21-22H2,1H3,(H,23,24,25,26). The fourth-order valence-electron chi connectivity index (χ4n) is 3.33. The minimum absolute atomic E-state index is 0.0330. The van der Waals surface area contributed by atoms with Crippen LogP contribution in [0.25, 0.3) is 0 Å². The summed E-state index contributed by atoms with van der Waals surface area (Å²) >= 11 is 0. The van der Waals surface area contributed by atoms with Crippen molar-refractivity contribution in [3.05, 3.63) is 29.8 Å². The minimum Gasteiger partial charge on any atom is -0.341 e. The van der Waals surface area contributed by atoms with Gasteiger partial charge in [0, 0.05) is 50.5 Å². The molecule has 1 aromatic heterocycles. The Morgan fingerprint density at radius 1 is 1.03 bits per heavy atom. The van der Waals surface area contributed by atoms with Gasteiger partial charge in [0.25, 0.3) is 0 Å². The predicted octanol–water partition coefficient (Wildman–Crippen LogP) is 1.53. The maximum atomic E-state index is 11.5. The van der Waals surface area contributed by atoms with Gasteiger partial charge in [-0.2, -0.15) is 15.0 Å². The van der Waals surface area contributed by atoms with E-state index in [0.717, 1.165) is 31.6 Å². The van der Waals surface area contributed by atoms with Crippen LogP contribution in [0.15, 0.2) is 24.3 Å². The van der Waals surface area contributed by atoms with E-state index < -0.39 is 0 Å². The molecule has 2 aromatic rings. The predicted molar refractivity (Wildman–Crippen MR) is 116 cm³/mol. The van der Waals surface area contributed by atoms with Crippen molar-refractivity contribution in [2.75, 3.05) is 54.4 Å². The van der Waals surface area contributed by atoms with Crippen LogP contribution in [0, 0.1) is 0 Å². The van der Waals surface area contributed by atoms with Crippen molar-refractivity contribution in [3.8, 4) is 0 Å². The summed E-state index contributed by atoms with van der Waals surface area (Å²) in [6, 6.07) is 7.26. The summed E-state index contributed by atoms with van der Waals surface area (Å²) < 4.78 is 0. The summed E-state index contributed by atoms with van der Waals surface area (Å²) in [6.07, 6.45) is 3.49. The summed E-state index contributed by atoms with van der Waals surface area (Å²) in [7, 11) is 0. The Bertz CT molecular complexity index is 799. The number of rotatable bonds is 9. The molecule has 0 saturated carbocycles. The molecular formula is C20H30N8O. The first-order chi connectivity index (χ1) is 14.1. The molecule has 1 aromatic carbocycles. The van der Waals surface area contributed by atoms with Gasteiger partial charge in [-0.05, 0) is 50.5 Å². The molecule has 0 atom stereocenters. The fraction of sp³-hybridized carbons (Fsp3) is 0.500. The van der Waals surface area contributed by atoms with E-state index >= 15 is 0 Å². The van der Waals surface area contributed by atoms with E-state index in [4.69, 9.17) is 16.5 Å². The molecule has 29 heavy (non-hydrogen) atoms. The Morgan fingerprint density at radius 2 is 1.69 bits per heavy atom. The molecular weight excluding hydrogens is 368 g/mol. The quantitative estimate of drug-likeness (QED) is 0.539. The maximum Gasteiger partial charge on any atom is 0.233 e. The molecule has 0 radical (unpaired) electrons. The molecule has 1 aliphatic rings. The van der Waals surface area contributed by atoms with Gasteiger partial charge >= 0.3 is 0 Å². The molecule has 0 spiro atoms. The lowest BCUT2D eigenvalue weighted by Crippen LogP contribution is -2.36. The first-order valence-corrected chi connectivity index (χ1v) is 10.1. The number of hydrogen-bond donors (Lipinski definition) is 3. The van der Waals surface area contributed by atoms with E-state index in [9.17, 15) is 4.79 Å². The summed E-state index contributed by atoms with van der Waals surface area (Å²) in [4.78, 5) is 29.6.